The molecule has 0 heterocycles. The van der Waals surface area contributed by atoms with Crippen LogP contribution >= 0.6 is 0 Å². The molecule has 0 fully saturated rings. The normalized spacial score (nSPS) is 11.4. The van der Waals surface area contributed by atoms with E-state index in [2.05, 4.69) is 19.7 Å². The van der Waals surface area contributed by atoms with Gasteiger partial charge in [0.15, 0.2) is 0 Å². The molecule has 0 aliphatic heterocycles. The molecule has 0 amide bonds. The molecule has 0 aliphatic rings. The molecule has 7 nitrogen and oxygen atoms in total. The molecule has 0 spiro atoms. The minimum Gasteiger partial charge on any atom is -0.461 e. The van der Waals surface area contributed by atoms with Gasteiger partial charge in [0, 0.05) is 35.9 Å². The van der Waals surface area contributed by atoms with Crippen molar-refractivity contribution in [2.45, 2.75) is 33.7 Å². The summed E-state index contributed by atoms with van der Waals surface area (Å²) in [5.74, 6) is -1.42. The lowest BCUT2D eigenvalue weighted by Gasteiger charge is -2.28. The summed E-state index contributed by atoms with van der Waals surface area (Å²) < 4.78 is 15.3. The van der Waals surface area contributed by atoms with Crippen molar-refractivity contribution < 1.29 is 28.6 Å². The predicted octanol–water partition coefficient (Wildman–Crippen LogP) is 2.03. The van der Waals surface area contributed by atoms with E-state index in [1.54, 1.807) is 20.8 Å². The van der Waals surface area contributed by atoms with E-state index >= 15 is 0 Å². The fraction of sp³-hybridized carbons (Fsp3) is 0.526. The molecular weight excluding hydrogens is 338 g/mol. The van der Waals surface area contributed by atoms with Gasteiger partial charge in [-0.15, -0.1) is 0 Å². The average molecular weight is 367 g/mol. The smallest absolute Gasteiger partial charge is 0.333 e. The summed E-state index contributed by atoms with van der Waals surface area (Å²) in [5, 5.41) is 0. The Morgan fingerprint density at radius 2 is 1.12 bits per heavy atom. The van der Waals surface area contributed by atoms with Gasteiger partial charge >= 0.3 is 17.9 Å². The molecule has 0 N–H and O–H groups in total. The zero-order valence-electron chi connectivity index (χ0n) is 16.1. The number of nitrogens with zero attached hydrogens (tertiary/aromatic N) is 1. The molecule has 146 valence electrons. The molecule has 0 aromatic heterocycles. The highest BCUT2D eigenvalue weighted by Gasteiger charge is 2.18. The number of ether oxygens (including phenoxy) is 3. The van der Waals surface area contributed by atoms with Crippen molar-refractivity contribution >= 4 is 17.9 Å². The Bertz CT molecular complexity index is 534. The quantitative estimate of drug-likeness (QED) is 0.296. The van der Waals surface area contributed by atoms with Crippen LogP contribution in [0.3, 0.4) is 0 Å². The molecule has 0 radical (unpaired) electrons. The van der Waals surface area contributed by atoms with Crippen LogP contribution in [0.15, 0.2) is 36.5 Å². The van der Waals surface area contributed by atoms with Crippen LogP contribution in [-0.2, 0) is 28.6 Å². The molecule has 0 rings (SSSR count). The van der Waals surface area contributed by atoms with Crippen molar-refractivity contribution in [1.29, 1.82) is 0 Å². The van der Waals surface area contributed by atoms with Gasteiger partial charge in [0.1, 0.15) is 19.8 Å². The first-order chi connectivity index (χ1) is 12.1. The molecule has 26 heavy (non-hydrogen) atoms. The average Bonchev–Trinajstić information content (AvgIpc) is 2.56. The number of rotatable bonds is 12. The van der Waals surface area contributed by atoms with Crippen molar-refractivity contribution in [3.8, 4) is 0 Å². The molecule has 0 aromatic rings. The van der Waals surface area contributed by atoms with Crippen LogP contribution in [0.2, 0.25) is 0 Å². The van der Waals surface area contributed by atoms with Gasteiger partial charge in [-0.1, -0.05) is 19.7 Å². The summed E-state index contributed by atoms with van der Waals surface area (Å²) in [6, 6.07) is -0.176. The SMILES string of the molecule is C=C(C)C(=O)OCCN(CCOC(=O)C(=C)C)C(C)COC(=O)C(=C)C. The summed E-state index contributed by atoms with van der Waals surface area (Å²) >= 11 is 0. The Labute approximate surface area is 155 Å². The second-order valence-electron chi connectivity index (χ2n) is 6.10. The van der Waals surface area contributed by atoms with Crippen molar-refractivity contribution in [2.75, 3.05) is 32.9 Å². The molecule has 0 saturated carbocycles. The molecule has 1 unspecified atom stereocenters. The van der Waals surface area contributed by atoms with Gasteiger partial charge in [0.25, 0.3) is 0 Å². The van der Waals surface area contributed by atoms with Crippen LogP contribution in [-0.4, -0.2) is 61.8 Å². The number of hydrogen-bond acceptors (Lipinski definition) is 7. The molecule has 0 bridgehead atoms. The zero-order chi connectivity index (χ0) is 20.3. The summed E-state index contributed by atoms with van der Waals surface area (Å²) in [7, 11) is 0. The third kappa shape index (κ3) is 9.78. The topological polar surface area (TPSA) is 82.1 Å². The highest BCUT2D eigenvalue weighted by molar-refractivity contribution is 5.87. The third-order valence-electron chi connectivity index (χ3n) is 3.35. The fourth-order valence-electron chi connectivity index (χ4n) is 1.74. The van der Waals surface area contributed by atoms with Gasteiger partial charge in [-0.05, 0) is 27.7 Å². The van der Waals surface area contributed by atoms with Gasteiger partial charge < -0.3 is 14.2 Å². The zero-order valence-corrected chi connectivity index (χ0v) is 16.1. The van der Waals surface area contributed by atoms with Gasteiger partial charge in [-0.25, -0.2) is 14.4 Å². The van der Waals surface area contributed by atoms with E-state index in [-0.39, 0.29) is 25.9 Å². The first-order valence-corrected chi connectivity index (χ1v) is 8.28. The van der Waals surface area contributed by atoms with Crippen LogP contribution < -0.4 is 0 Å². The highest BCUT2D eigenvalue weighted by Crippen LogP contribution is 2.04. The monoisotopic (exact) mass is 367 g/mol. The molecule has 0 saturated heterocycles. The van der Waals surface area contributed by atoms with Crippen LogP contribution in [0.1, 0.15) is 27.7 Å². The summed E-state index contributed by atoms with van der Waals surface area (Å²) in [6.45, 7) is 18.3. The number of esters is 3. The van der Waals surface area contributed by atoms with Crippen LogP contribution in [0.4, 0.5) is 0 Å². The predicted molar refractivity (Wildman–Crippen MR) is 98.4 cm³/mol. The van der Waals surface area contributed by atoms with Crippen molar-refractivity contribution in [3.63, 3.8) is 0 Å². The molecule has 0 aromatic carbocycles. The van der Waals surface area contributed by atoms with Crippen molar-refractivity contribution in [3.05, 3.63) is 36.5 Å². The number of hydrogen-bond donors (Lipinski definition) is 0. The fourth-order valence-corrected chi connectivity index (χ4v) is 1.74. The van der Waals surface area contributed by atoms with E-state index in [1.807, 2.05) is 11.8 Å². The summed E-state index contributed by atoms with van der Waals surface area (Å²) in [6.07, 6.45) is 0. The maximum atomic E-state index is 11.5. The Morgan fingerprint density at radius 1 is 0.769 bits per heavy atom. The Hall–Kier alpha value is -2.41. The van der Waals surface area contributed by atoms with Gasteiger partial charge in [-0.2, -0.15) is 0 Å². The van der Waals surface area contributed by atoms with Gasteiger partial charge in [0.2, 0.25) is 0 Å². The highest BCUT2D eigenvalue weighted by atomic mass is 16.5. The van der Waals surface area contributed by atoms with Crippen LogP contribution in [0.25, 0.3) is 0 Å². The van der Waals surface area contributed by atoms with Crippen molar-refractivity contribution in [2.24, 2.45) is 0 Å². The molecular formula is C19H29NO6. The minimum absolute atomic E-state index is 0.133. The Morgan fingerprint density at radius 3 is 1.46 bits per heavy atom. The maximum absolute atomic E-state index is 11.5. The number of carbonyl (C=O) groups excluding carboxylic acids is 3. The van der Waals surface area contributed by atoms with E-state index < -0.39 is 17.9 Å². The van der Waals surface area contributed by atoms with Crippen LogP contribution in [0.5, 0.6) is 0 Å². The van der Waals surface area contributed by atoms with Crippen molar-refractivity contribution in [1.82, 2.24) is 4.90 Å². The van der Waals surface area contributed by atoms with E-state index in [0.29, 0.717) is 29.8 Å². The molecule has 0 aliphatic carbocycles. The first-order valence-electron chi connectivity index (χ1n) is 8.28. The molecule has 7 heteroatoms. The van der Waals surface area contributed by atoms with E-state index in [9.17, 15) is 14.4 Å². The van der Waals surface area contributed by atoms with E-state index in [1.165, 1.54) is 0 Å². The maximum Gasteiger partial charge on any atom is 0.333 e. The molecule has 1 atom stereocenters. The minimum atomic E-state index is -0.473. The Kier molecular flexibility index (Phi) is 10.9. The lowest BCUT2D eigenvalue weighted by atomic mass is 10.3. The van der Waals surface area contributed by atoms with Gasteiger partial charge in [0.05, 0.1) is 0 Å². The number of carbonyl (C=O) groups is 3. The lowest BCUT2D eigenvalue weighted by Crippen LogP contribution is -2.41. The largest absolute Gasteiger partial charge is 0.461 e. The standard InChI is InChI=1S/C19H29NO6/c1-13(2)17(21)24-10-8-20(9-11-25-18(22)14(3)4)16(7)12-26-19(23)15(5)6/h16H,1,3,5,8-12H2,2,4,6-7H3. The van der Waals surface area contributed by atoms with Crippen LogP contribution in [0, 0.1) is 0 Å². The summed E-state index contributed by atoms with van der Waals surface area (Å²) in [5.41, 5.74) is 0.945. The van der Waals surface area contributed by atoms with Gasteiger partial charge in [-0.3, -0.25) is 4.90 Å². The Balaban J connectivity index is 4.64. The van der Waals surface area contributed by atoms with E-state index in [0.717, 1.165) is 0 Å². The lowest BCUT2D eigenvalue weighted by molar-refractivity contribution is -0.141. The second-order valence-corrected chi connectivity index (χ2v) is 6.10. The first kappa shape index (κ1) is 23.6. The summed E-state index contributed by atoms with van der Waals surface area (Å²) in [4.78, 5) is 36.3. The third-order valence-corrected chi connectivity index (χ3v) is 3.35. The van der Waals surface area contributed by atoms with E-state index in [4.69, 9.17) is 14.2 Å². The second kappa shape index (κ2) is 12.0.